The molecule has 2 amide bonds. The van der Waals surface area contributed by atoms with E-state index in [0.717, 1.165) is 19.4 Å². The van der Waals surface area contributed by atoms with Gasteiger partial charge in [0.25, 0.3) is 11.5 Å². The second kappa shape index (κ2) is 8.09. The summed E-state index contributed by atoms with van der Waals surface area (Å²) in [7, 11) is 4.98. The molecular formula is C18H24N6O3S. The van der Waals surface area contributed by atoms with Crippen molar-refractivity contribution in [1.29, 1.82) is 0 Å². The monoisotopic (exact) mass is 404 g/mol. The maximum Gasteiger partial charge on any atom is 0.266 e. The Labute approximate surface area is 167 Å². The van der Waals surface area contributed by atoms with Crippen LogP contribution in [0.4, 0.5) is 10.9 Å². The van der Waals surface area contributed by atoms with Crippen molar-refractivity contribution in [1.82, 2.24) is 19.7 Å². The minimum atomic E-state index is -0.218. The lowest BCUT2D eigenvalue weighted by molar-refractivity contribution is -0.120. The van der Waals surface area contributed by atoms with Crippen LogP contribution in [0.1, 0.15) is 28.2 Å². The third-order valence-corrected chi connectivity index (χ3v) is 5.75. The minimum absolute atomic E-state index is 0.118. The van der Waals surface area contributed by atoms with E-state index in [4.69, 9.17) is 0 Å². The molecule has 1 aliphatic rings. The van der Waals surface area contributed by atoms with Crippen LogP contribution in [0.3, 0.4) is 0 Å². The largest absolute Gasteiger partial charge is 0.354 e. The molecule has 0 bridgehead atoms. The lowest BCUT2D eigenvalue weighted by atomic mass is 9.97. The van der Waals surface area contributed by atoms with Gasteiger partial charge in [0.2, 0.25) is 5.91 Å². The highest BCUT2D eigenvalue weighted by atomic mass is 32.1. The van der Waals surface area contributed by atoms with Gasteiger partial charge in [-0.25, -0.2) is 9.67 Å². The zero-order chi connectivity index (χ0) is 20.4. The maximum absolute atomic E-state index is 12.7. The van der Waals surface area contributed by atoms with Crippen LogP contribution in [-0.4, -0.2) is 58.7 Å². The van der Waals surface area contributed by atoms with Crippen molar-refractivity contribution in [2.24, 2.45) is 13.0 Å². The first-order valence-corrected chi connectivity index (χ1v) is 9.87. The molecular weight excluding hydrogens is 380 g/mol. The summed E-state index contributed by atoms with van der Waals surface area (Å²) >= 11 is 1.19. The fourth-order valence-electron chi connectivity index (χ4n) is 3.12. The molecule has 1 fully saturated rings. The Bertz CT molecular complexity index is 951. The van der Waals surface area contributed by atoms with Gasteiger partial charge >= 0.3 is 0 Å². The lowest BCUT2D eigenvalue weighted by Crippen LogP contribution is -2.41. The highest BCUT2D eigenvalue weighted by molar-refractivity contribution is 7.17. The standard InChI is InChI=1S/C18H24N6O3S/c1-11-15(17(27)22(2)3)28-18(19-11)20-16(26)12-6-5-9-24(10-12)13-7-8-14(25)23(4)21-13/h7-8,12H,5-6,9-10H2,1-4H3,(H,19,20,26). The minimum Gasteiger partial charge on any atom is -0.354 e. The van der Waals surface area contributed by atoms with E-state index in [0.29, 0.717) is 28.1 Å². The number of rotatable bonds is 4. The molecule has 1 saturated heterocycles. The molecule has 3 rings (SSSR count). The number of hydrogen-bond donors (Lipinski definition) is 1. The lowest BCUT2D eigenvalue weighted by Gasteiger charge is -2.32. The average Bonchev–Trinajstić information content (AvgIpc) is 3.03. The van der Waals surface area contributed by atoms with E-state index in [-0.39, 0.29) is 23.3 Å². The summed E-state index contributed by atoms with van der Waals surface area (Å²) < 4.78 is 1.29. The third kappa shape index (κ3) is 4.22. The highest BCUT2D eigenvalue weighted by Gasteiger charge is 2.28. The van der Waals surface area contributed by atoms with E-state index >= 15 is 0 Å². The summed E-state index contributed by atoms with van der Waals surface area (Å²) in [4.78, 5) is 44.8. The molecule has 1 N–H and O–H groups in total. The second-order valence-corrected chi connectivity index (χ2v) is 8.06. The molecule has 1 atom stereocenters. The number of amides is 2. The zero-order valence-corrected chi connectivity index (χ0v) is 17.2. The number of carbonyl (C=O) groups is 2. The number of thiazole rings is 1. The van der Waals surface area contributed by atoms with Gasteiger partial charge in [0, 0.05) is 40.3 Å². The van der Waals surface area contributed by atoms with Crippen molar-refractivity contribution in [2.75, 3.05) is 37.4 Å². The summed E-state index contributed by atoms with van der Waals surface area (Å²) in [5.41, 5.74) is 0.441. The molecule has 0 radical (unpaired) electrons. The van der Waals surface area contributed by atoms with Gasteiger partial charge < -0.3 is 15.1 Å². The van der Waals surface area contributed by atoms with E-state index in [1.165, 1.54) is 27.0 Å². The molecule has 9 nitrogen and oxygen atoms in total. The fraction of sp³-hybridized carbons (Fsp3) is 0.500. The molecule has 28 heavy (non-hydrogen) atoms. The predicted molar refractivity (Wildman–Crippen MR) is 108 cm³/mol. The van der Waals surface area contributed by atoms with Crippen molar-refractivity contribution in [3.8, 4) is 0 Å². The van der Waals surface area contributed by atoms with Crippen LogP contribution >= 0.6 is 11.3 Å². The molecule has 2 aromatic heterocycles. The van der Waals surface area contributed by atoms with Gasteiger partial charge in [-0.15, -0.1) is 0 Å². The van der Waals surface area contributed by atoms with E-state index in [1.807, 2.05) is 4.90 Å². The predicted octanol–water partition coefficient (Wildman–Crippen LogP) is 1.10. The van der Waals surface area contributed by atoms with Crippen LogP contribution in [0.5, 0.6) is 0 Å². The Hall–Kier alpha value is -2.75. The van der Waals surface area contributed by atoms with Gasteiger partial charge in [-0.05, 0) is 25.8 Å². The summed E-state index contributed by atoms with van der Waals surface area (Å²) in [6.07, 6.45) is 1.62. The van der Waals surface area contributed by atoms with Crippen molar-refractivity contribution >= 4 is 34.1 Å². The zero-order valence-electron chi connectivity index (χ0n) is 16.4. The highest BCUT2D eigenvalue weighted by Crippen LogP contribution is 2.26. The molecule has 2 aromatic rings. The van der Waals surface area contributed by atoms with Gasteiger partial charge in [-0.3, -0.25) is 14.4 Å². The van der Waals surface area contributed by atoms with Crippen LogP contribution in [0.2, 0.25) is 0 Å². The van der Waals surface area contributed by atoms with Crippen LogP contribution in [0.15, 0.2) is 16.9 Å². The van der Waals surface area contributed by atoms with E-state index in [2.05, 4.69) is 15.4 Å². The van der Waals surface area contributed by atoms with Crippen molar-refractivity contribution < 1.29 is 9.59 Å². The van der Waals surface area contributed by atoms with E-state index in [9.17, 15) is 14.4 Å². The summed E-state index contributed by atoms with van der Waals surface area (Å²) in [5.74, 6) is 0.223. The van der Waals surface area contributed by atoms with Crippen LogP contribution in [0, 0.1) is 12.8 Å². The van der Waals surface area contributed by atoms with Gasteiger partial charge in [-0.1, -0.05) is 11.3 Å². The smallest absolute Gasteiger partial charge is 0.266 e. The first-order chi connectivity index (χ1) is 13.3. The normalized spacial score (nSPS) is 16.7. The van der Waals surface area contributed by atoms with Gasteiger partial charge in [-0.2, -0.15) is 5.10 Å². The Morgan fingerprint density at radius 1 is 1.32 bits per heavy atom. The number of anilines is 2. The molecule has 1 unspecified atom stereocenters. The molecule has 10 heteroatoms. The first-order valence-electron chi connectivity index (χ1n) is 9.05. The summed E-state index contributed by atoms with van der Waals surface area (Å²) in [6, 6.07) is 3.17. The number of aryl methyl sites for hydroxylation is 2. The quantitative estimate of drug-likeness (QED) is 0.819. The number of piperidine rings is 1. The second-order valence-electron chi connectivity index (χ2n) is 7.06. The Morgan fingerprint density at radius 3 is 2.75 bits per heavy atom. The average molecular weight is 404 g/mol. The Balaban J connectivity index is 1.69. The number of hydrogen-bond acceptors (Lipinski definition) is 7. The SMILES string of the molecule is Cc1nc(NC(=O)C2CCCN(c3ccc(=O)n(C)n3)C2)sc1C(=O)N(C)C. The molecule has 1 aliphatic heterocycles. The molecule has 0 aromatic carbocycles. The summed E-state index contributed by atoms with van der Waals surface area (Å²) in [5, 5.41) is 7.56. The number of carbonyl (C=O) groups excluding carboxylic acids is 2. The number of nitrogens with zero attached hydrogens (tertiary/aromatic N) is 5. The Kier molecular flexibility index (Phi) is 5.78. The summed E-state index contributed by atoms with van der Waals surface area (Å²) in [6.45, 7) is 3.06. The molecule has 0 aliphatic carbocycles. The number of aromatic nitrogens is 3. The molecule has 150 valence electrons. The van der Waals surface area contributed by atoms with Gasteiger partial charge in [0.15, 0.2) is 5.13 Å². The van der Waals surface area contributed by atoms with Crippen LogP contribution in [0.25, 0.3) is 0 Å². The van der Waals surface area contributed by atoms with Crippen molar-refractivity contribution in [3.05, 3.63) is 33.1 Å². The third-order valence-electron chi connectivity index (χ3n) is 4.69. The van der Waals surface area contributed by atoms with Gasteiger partial charge in [0.1, 0.15) is 10.7 Å². The topological polar surface area (TPSA) is 100 Å². The van der Waals surface area contributed by atoms with E-state index in [1.54, 1.807) is 34.1 Å². The first kappa shape index (κ1) is 20.0. The van der Waals surface area contributed by atoms with E-state index < -0.39 is 0 Å². The van der Waals surface area contributed by atoms with Gasteiger partial charge in [0.05, 0.1) is 11.6 Å². The van der Waals surface area contributed by atoms with Crippen LogP contribution in [-0.2, 0) is 11.8 Å². The van der Waals surface area contributed by atoms with Crippen molar-refractivity contribution in [2.45, 2.75) is 19.8 Å². The van der Waals surface area contributed by atoms with Crippen molar-refractivity contribution in [3.63, 3.8) is 0 Å². The fourth-order valence-corrected chi connectivity index (χ4v) is 4.11. The molecule has 0 spiro atoms. The van der Waals surface area contributed by atoms with Crippen LogP contribution < -0.4 is 15.8 Å². The number of nitrogens with one attached hydrogen (secondary N) is 1. The maximum atomic E-state index is 12.7. The molecule has 3 heterocycles. The Morgan fingerprint density at radius 2 is 2.07 bits per heavy atom. The molecule has 0 saturated carbocycles.